The Kier molecular flexibility index (Phi) is 7.95. The van der Waals surface area contributed by atoms with E-state index in [0.29, 0.717) is 25.6 Å². The van der Waals surface area contributed by atoms with Gasteiger partial charge in [0.15, 0.2) is 11.5 Å². The monoisotopic (exact) mass is 444 g/mol. The molecule has 1 aromatic rings. The molecular weight excluding hydrogens is 404 g/mol. The summed E-state index contributed by atoms with van der Waals surface area (Å²) >= 11 is 0. The Hall–Kier alpha value is -1.79. The van der Waals surface area contributed by atoms with Crippen molar-refractivity contribution in [3.63, 3.8) is 0 Å². The van der Waals surface area contributed by atoms with E-state index in [0.717, 1.165) is 76.1 Å². The number of nitrogens with zero attached hydrogens (tertiary/aromatic N) is 1. The molecule has 1 aliphatic carbocycles. The summed E-state index contributed by atoms with van der Waals surface area (Å²) in [4.78, 5) is 15.2. The molecule has 0 aromatic heterocycles. The number of hydrogen-bond donors (Lipinski definition) is 2. The molecule has 3 aliphatic rings. The van der Waals surface area contributed by atoms with Crippen molar-refractivity contribution in [2.45, 2.75) is 82.8 Å². The van der Waals surface area contributed by atoms with Crippen molar-refractivity contribution in [2.24, 2.45) is 5.92 Å². The fraction of sp³-hybridized carbons (Fsp3) is 0.731. The average Bonchev–Trinajstić information content (AvgIpc) is 3.52. The zero-order chi connectivity index (χ0) is 22.4. The highest BCUT2D eigenvalue weighted by molar-refractivity contribution is 5.76. The third-order valence-electron chi connectivity index (χ3n) is 7.17. The van der Waals surface area contributed by atoms with Gasteiger partial charge in [-0.15, -0.1) is 0 Å². The van der Waals surface area contributed by atoms with Gasteiger partial charge >= 0.3 is 0 Å². The van der Waals surface area contributed by atoms with Crippen LogP contribution in [-0.4, -0.2) is 60.4 Å². The Morgan fingerprint density at radius 1 is 1.16 bits per heavy atom. The van der Waals surface area contributed by atoms with Gasteiger partial charge < -0.3 is 24.8 Å². The number of ether oxygens (including phenoxy) is 2. The smallest absolute Gasteiger partial charge is 0.220 e. The maximum atomic E-state index is 12.7. The van der Waals surface area contributed by atoms with Crippen LogP contribution >= 0.6 is 0 Å². The lowest BCUT2D eigenvalue weighted by Gasteiger charge is -2.25. The summed E-state index contributed by atoms with van der Waals surface area (Å²) < 4.78 is 11.4. The number of aliphatic hydroxyl groups is 1. The van der Waals surface area contributed by atoms with Gasteiger partial charge in [-0.1, -0.05) is 18.9 Å². The van der Waals surface area contributed by atoms with E-state index in [-0.39, 0.29) is 11.9 Å². The number of rotatable bonds is 12. The van der Waals surface area contributed by atoms with Crippen LogP contribution in [0.2, 0.25) is 0 Å². The molecule has 2 atom stereocenters. The van der Waals surface area contributed by atoms with Crippen LogP contribution < -0.4 is 14.8 Å². The quantitative estimate of drug-likeness (QED) is 0.481. The molecule has 2 aliphatic heterocycles. The first-order chi connectivity index (χ1) is 15.5. The van der Waals surface area contributed by atoms with Gasteiger partial charge in [-0.2, -0.15) is 0 Å². The van der Waals surface area contributed by atoms with Crippen molar-refractivity contribution in [3.8, 4) is 11.5 Å². The normalized spacial score (nSPS) is 21.2. The predicted octanol–water partition coefficient (Wildman–Crippen LogP) is 3.69. The highest BCUT2D eigenvalue weighted by atomic mass is 16.6. The van der Waals surface area contributed by atoms with Crippen LogP contribution in [0.5, 0.6) is 11.5 Å². The molecule has 0 radical (unpaired) electrons. The fourth-order valence-corrected chi connectivity index (χ4v) is 5.09. The van der Waals surface area contributed by atoms with Crippen LogP contribution in [0.3, 0.4) is 0 Å². The first-order valence-corrected chi connectivity index (χ1v) is 12.6. The molecule has 1 unspecified atom stereocenters. The van der Waals surface area contributed by atoms with E-state index in [2.05, 4.69) is 22.3 Å². The highest BCUT2D eigenvalue weighted by Crippen LogP contribution is 2.42. The average molecular weight is 445 g/mol. The van der Waals surface area contributed by atoms with E-state index < -0.39 is 5.60 Å². The number of amides is 1. The van der Waals surface area contributed by atoms with E-state index in [4.69, 9.17) is 9.47 Å². The SMILES string of the molecule is CC(O)(CCCCCC(=O)N[C@@H](Cc1ccc2c(c1)OCCO2)CN1CCCC1)C1CC1. The molecule has 0 spiro atoms. The number of likely N-dealkylation sites (tertiary alicyclic amines) is 1. The Morgan fingerprint density at radius 3 is 2.66 bits per heavy atom. The van der Waals surface area contributed by atoms with Gasteiger partial charge in [0.1, 0.15) is 13.2 Å². The first-order valence-electron chi connectivity index (χ1n) is 12.6. The number of fused-ring (bicyclic) bond motifs is 1. The zero-order valence-electron chi connectivity index (χ0n) is 19.6. The van der Waals surface area contributed by atoms with E-state index in [9.17, 15) is 9.90 Å². The van der Waals surface area contributed by atoms with Gasteiger partial charge in [0.05, 0.1) is 5.60 Å². The molecule has 1 aromatic carbocycles. The Balaban J connectivity index is 1.24. The van der Waals surface area contributed by atoms with E-state index in [1.54, 1.807) is 0 Å². The highest BCUT2D eigenvalue weighted by Gasteiger charge is 2.39. The van der Waals surface area contributed by atoms with Gasteiger partial charge in [-0.25, -0.2) is 0 Å². The molecule has 178 valence electrons. The molecule has 6 heteroatoms. The molecule has 4 rings (SSSR count). The maximum absolute atomic E-state index is 12.7. The van der Waals surface area contributed by atoms with Gasteiger partial charge in [0.25, 0.3) is 0 Å². The topological polar surface area (TPSA) is 71.0 Å². The number of benzene rings is 1. The van der Waals surface area contributed by atoms with Crippen molar-refractivity contribution in [3.05, 3.63) is 23.8 Å². The van der Waals surface area contributed by atoms with Gasteiger partial charge in [0.2, 0.25) is 5.91 Å². The Labute approximate surface area is 192 Å². The standard InChI is InChI=1S/C26H40N2O4/c1-26(30,21-9-10-21)12-4-2-3-7-25(29)27-22(19-28-13-5-6-14-28)17-20-8-11-23-24(18-20)32-16-15-31-23/h8,11,18,21-22,30H,2-7,9-10,12-17,19H2,1H3,(H,27,29)/t22-,26?/m0/s1. The summed E-state index contributed by atoms with van der Waals surface area (Å²) in [6, 6.07) is 6.22. The maximum Gasteiger partial charge on any atom is 0.220 e. The Morgan fingerprint density at radius 2 is 1.91 bits per heavy atom. The molecule has 1 amide bonds. The predicted molar refractivity (Wildman–Crippen MR) is 125 cm³/mol. The summed E-state index contributed by atoms with van der Waals surface area (Å²) in [5, 5.41) is 13.7. The minimum Gasteiger partial charge on any atom is -0.486 e. The van der Waals surface area contributed by atoms with Gasteiger partial charge in [0, 0.05) is 19.0 Å². The number of carbonyl (C=O) groups excluding carboxylic acids is 1. The molecule has 2 N–H and O–H groups in total. The Bertz CT molecular complexity index is 756. The van der Waals surface area contributed by atoms with Crippen LogP contribution in [0.25, 0.3) is 0 Å². The minimum absolute atomic E-state index is 0.0961. The van der Waals surface area contributed by atoms with E-state index >= 15 is 0 Å². The molecule has 2 fully saturated rings. The van der Waals surface area contributed by atoms with E-state index in [1.807, 2.05) is 13.0 Å². The van der Waals surface area contributed by atoms with Crippen LogP contribution in [0, 0.1) is 5.92 Å². The largest absolute Gasteiger partial charge is 0.486 e. The van der Waals surface area contributed by atoms with Crippen molar-refractivity contribution in [1.29, 1.82) is 0 Å². The van der Waals surface area contributed by atoms with Gasteiger partial charge in [-0.05, 0) is 88.6 Å². The van der Waals surface area contributed by atoms with Crippen LogP contribution in [-0.2, 0) is 11.2 Å². The molecule has 32 heavy (non-hydrogen) atoms. The van der Waals surface area contributed by atoms with Crippen molar-refractivity contribution >= 4 is 5.91 Å². The molecule has 1 saturated carbocycles. The summed E-state index contributed by atoms with van der Waals surface area (Å²) in [7, 11) is 0. The number of unbranched alkanes of at least 4 members (excludes halogenated alkanes) is 2. The lowest BCUT2D eigenvalue weighted by atomic mass is 9.93. The third kappa shape index (κ3) is 6.85. The first kappa shape index (κ1) is 23.4. The summed E-state index contributed by atoms with van der Waals surface area (Å²) in [6.07, 6.45) is 9.89. The minimum atomic E-state index is -0.507. The fourth-order valence-electron chi connectivity index (χ4n) is 5.09. The molecular formula is C26H40N2O4. The van der Waals surface area contributed by atoms with Crippen LogP contribution in [0.15, 0.2) is 18.2 Å². The molecule has 2 heterocycles. The van der Waals surface area contributed by atoms with E-state index in [1.165, 1.54) is 18.4 Å². The molecule has 1 saturated heterocycles. The van der Waals surface area contributed by atoms with Crippen molar-refractivity contribution in [2.75, 3.05) is 32.8 Å². The summed E-state index contributed by atoms with van der Waals surface area (Å²) in [5.74, 6) is 2.25. The third-order valence-corrected chi connectivity index (χ3v) is 7.17. The lowest BCUT2D eigenvalue weighted by molar-refractivity contribution is -0.122. The number of carbonyl (C=O) groups is 1. The second-order valence-corrected chi connectivity index (χ2v) is 10.1. The van der Waals surface area contributed by atoms with Crippen LogP contribution in [0.1, 0.15) is 70.3 Å². The molecule has 6 nitrogen and oxygen atoms in total. The zero-order valence-corrected chi connectivity index (χ0v) is 19.6. The number of nitrogens with one attached hydrogen (secondary N) is 1. The second-order valence-electron chi connectivity index (χ2n) is 10.1. The number of hydrogen-bond acceptors (Lipinski definition) is 5. The second kappa shape index (κ2) is 10.9. The van der Waals surface area contributed by atoms with Crippen molar-refractivity contribution in [1.82, 2.24) is 10.2 Å². The molecule has 0 bridgehead atoms. The lowest BCUT2D eigenvalue weighted by Crippen LogP contribution is -2.44. The summed E-state index contributed by atoms with van der Waals surface area (Å²) in [6.45, 7) is 6.28. The summed E-state index contributed by atoms with van der Waals surface area (Å²) in [5.41, 5.74) is 0.660. The van der Waals surface area contributed by atoms with Crippen molar-refractivity contribution < 1.29 is 19.4 Å². The van der Waals surface area contributed by atoms with Crippen LogP contribution in [0.4, 0.5) is 0 Å². The van der Waals surface area contributed by atoms with Gasteiger partial charge in [-0.3, -0.25) is 4.79 Å².